The lowest BCUT2D eigenvalue weighted by atomic mass is 10.4. The Kier molecular flexibility index (Phi) is 4.90. The normalized spacial score (nSPS) is 11.6. The maximum Gasteiger partial charge on any atom is 0.371 e. The molecule has 0 spiro atoms. The van der Waals surface area contributed by atoms with E-state index in [4.69, 9.17) is 9.52 Å². The summed E-state index contributed by atoms with van der Waals surface area (Å²) in [6.45, 7) is 2.46. The molecule has 0 saturated carbocycles. The van der Waals surface area contributed by atoms with Gasteiger partial charge in [-0.15, -0.1) is 0 Å². The number of ether oxygens (including phenoxy) is 1. The molecule has 0 aliphatic carbocycles. The first-order valence-corrected chi connectivity index (χ1v) is 7.08. The molecule has 1 aromatic rings. The highest BCUT2D eigenvalue weighted by molar-refractivity contribution is 7.89. The standard InChI is InChI=1S/C11H15NO7S/c1-4-12(6-10(13)18-3)20(16,17)9-5-8(11(14)15)19-7(9)2/h5H,4,6H2,1-3H3,(H,14,15). The second-order valence-corrected chi connectivity index (χ2v) is 5.75. The fourth-order valence-electron chi connectivity index (χ4n) is 1.54. The lowest BCUT2D eigenvalue weighted by Gasteiger charge is -2.18. The monoisotopic (exact) mass is 305 g/mol. The van der Waals surface area contributed by atoms with Crippen molar-refractivity contribution in [1.82, 2.24) is 4.31 Å². The van der Waals surface area contributed by atoms with Gasteiger partial charge in [-0.25, -0.2) is 13.2 Å². The summed E-state index contributed by atoms with van der Waals surface area (Å²) in [5, 5.41) is 8.79. The molecule has 0 bridgehead atoms. The van der Waals surface area contributed by atoms with Gasteiger partial charge in [0.05, 0.1) is 7.11 Å². The van der Waals surface area contributed by atoms with Crippen molar-refractivity contribution in [3.8, 4) is 0 Å². The molecule has 9 heteroatoms. The third-order valence-electron chi connectivity index (χ3n) is 2.59. The smallest absolute Gasteiger partial charge is 0.371 e. The first-order valence-electron chi connectivity index (χ1n) is 5.64. The van der Waals surface area contributed by atoms with Gasteiger partial charge in [0.15, 0.2) is 0 Å². The zero-order valence-electron chi connectivity index (χ0n) is 11.2. The van der Waals surface area contributed by atoms with Crippen LogP contribution in [0.5, 0.6) is 0 Å². The van der Waals surface area contributed by atoms with Crippen LogP contribution in [0.4, 0.5) is 0 Å². The second kappa shape index (κ2) is 6.06. The Morgan fingerprint density at radius 1 is 1.45 bits per heavy atom. The zero-order chi connectivity index (χ0) is 15.5. The highest BCUT2D eigenvalue weighted by Crippen LogP contribution is 2.23. The van der Waals surface area contributed by atoms with E-state index in [0.717, 1.165) is 17.5 Å². The van der Waals surface area contributed by atoms with Crippen molar-refractivity contribution < 1.29 is 32.3 Å². The summed E-state index contributed by atoms with van der Waals surface area (Å²) in [6.07, 6.45) is 0. The number of carboxylic acid groups (broad SMARTS) is 1. The maximum absolute atomic E-state index is 12.3. The highest BCUT2D eigenvalue weighted by atomic mass is 32.2. The first-order chi connectivity index (χ1) is 9.23. The van der Waals surface area contributed by atoms with E-state index < -0.39 is 34.3 Å². The van der Waals surface area contributed by atoms with Crippen LogP contribution in [0.1, 0.15) is 23.2 Å². The number of aryl methyl sites for hydroxylation is 1. The topological polar surface area (TPSA) is 114 Å². The third kappa shape index (κ3) is 3.17. The summed E-state index contributed by atoms with van der Waals surface area (Å²) in [5.74, 6) is -2.61. The van der Waals surface area contributed by atoms with Gasteiger partial charge in [0.1, 0.15) is 17.2 Å². The molecule has 112 valence electrons. The Morgan fingerprint density at radius 3 is 2.45 bits per heavy atom. The summed E-state index contributed by atoms with van der Waals surface area (Å²) in [7, 11) is -2.88. The van der Waals surface area contributed by atoms with Crippen molar-refractivity contribution in [1.29, 1.82) is 0 Å². The van der Waals surface area contributed by atoms with E-state index in [2.05, 4.69) is 4.74 Å². The number of aromatic carboxylic acids is 1. The molecule has 20 heavy (non-hydrogen) atoms. The zero-order valence-corrected chi connectivity index (χ0v) is 12.1. The molecule has 0 aliphatic rings. The van der Waals surface area contributed by atoms with Crippen molar-refractivity contribution in [2.24, 2.45) is 0 Å². The predicted molar refractivity (Wildman–Crippen MR) is 66.9 cm³/mol. The molecular formula is C11H15NO7S. The number of carbonyl (C=O) groups is 2. The Hall–Kier alpha value is -1.87. The van der Waals surface area contributed by atoms with Gasteiger partial charge in [-0.05, 0) is 6.92 Å². The van der Waals surface area contributed by atoms with Gasteiger partial charge in [-0.1, -0.05) is 6.92 Å². The largest absolute Gasteiger partial charge is 0.475 e. The van der Waals surface area contributed by atoms with E-state index in [-0.39, 0.29) is 17.2 Å². The number of likely N-dealkylation sites (N-methyl/N-ethyl adjacent to an activating group) is 1. The minimum absolute atomic E-state index is 0.0322. The Morgan fingerprint density at radius 2 is 2.05 bits per heavy atom. The van der Waals surface area contributed by atoms with Crippen LogP contribution in [0, 0.1) is 6.92 Å². The van der Waals surface area contributed by atoms with Crippen molar-refractivity contribution >= 4 is 22.0 Å². The molecule has 8 nitrogen and oxygen atoms in total. The van der Waals surface area contributed by atoms with Crippen molar-refractivity contribution in [2.45, 2.75) is 18.7 Å². The number of hydrogen-bond acceptors (Lipinski definition) is 6. The first kappa shape index (κ1) is 16.2. The quantitative estimate of drug-likeness (QED) is 0.760. The van der Waals surface area contributed by atoms with E-state index in [1.807, 2.05) is 0 Å². The summed E-state index contributed by atoms with van der Waals surface area (Å²) < 4.78 is 34.8. The van der Waals surface area contributed by atoms with Crippen molar-refractivity contribution in [3.05, 3.63) is 17.6 Å². The van der Waals surface area contributed by atoms with Gasteiger partial charge in [0.2, 0.25) is 15.8 Å². The van der Waals surface area contributed by atoms with E-state index in [1.54, 1.807) is 6.92 Å². The molecule has 0 amide bonds. The highest BCUT2D eigenvalue weighted by Gasteiger charge is 2.30. The number of carbonyl (C=O) groups excluding carboxylic acids is 1. The van der Waals surface area contributed by atoms with Gasteiger partial charge in [0, 0.05) is 12.6 Å². The molecule has 0 fully saturated rings. The van der Waals surface area contributed by atoms with E-state index in [9.17, 15) is 18.0 Å². The van der Waals surface area contributed by atoms with Crippen LogP contribution in [0.25, 0.3) is 0 Å². The molecule has 1 N–H and O–H groups in total. The Labute approximate surface area is 116 Å². The fourth-order valence-corrected chi connectivity index (χ4v) is 3.10. The predicted octanol–water partition coefficient (Wildman–Crippen LogP) is 0.470. The van der Waals surface area contributed by atoms with Crippen molar-refractivity contribution in [2.75, 3.05) is 20.2 Å². The minimum atomic E-state index is -4.02. The lowest BCUT2D eigenvalue weighted by molar-refractivity contribution is -0.140. The van der Waals surface area contributed by atoms with Crippen LogP contribution in [0.15, 0.2) is 15.4 Å². The van der Waals surface area contributed by atoms with Gasteiger partial charge in [-0.3, -0.25) is 4.79 Å². The second-order valence-electron chi connectivity index (χ2n) is 3.84. The van der Waals surface area contributed by atoms with Crippen LogP contribution in [0.3, 0.4) is 0 Å². The lowest BCUT2D eigenvalue weighted by Crippen LogP contribution is -2.36. The average molecular weight is 305 g/mol. The summed E-state index contributed by atoms with van der Waals surface area (Å²) in [5.41, 5.74) is 0. The molecule has 0 saturated heterocycles. The average Bonchev–Trinajstić information content (AvgIpc) is 2.78. The van der Waals surface area contributed by atoms with Gasteiger partial charge in [-0.2, -0.15) is 4.31 Å². The van der Waals surface area contributed by atoms with Gasteiger partial charge < -0.3 is 14.3 Å². The molecule has 0 radical (unpaired) electrons. The number of methoxy groups -OCH3 is 1. The van der Waals surface area contributed by atoms with E-state index in [1.165, 1.54) is 6.92 Å². The minimum Gasteiger partial charge on any atom is -0.475 e. The van der Waals surface area contributed by atoms with Crippen molar-refractivity contribution in [3.63, 3.8) is 0 Å². The molecule has 0 atom stereocenters. The molecule has 1 rings (SSSR count). The Balaban J connectivity index is 3.20. The third-order valence-corrected chi connectivity index (χ3v) is 4.61. The molecular weight excluding hydrogens is 290 g/mol. The molecule has 1 heterocycles. The number of esters is 1. The fraction of sp³-hybridized carbons (Fsp3) is 0.455. The van der Waals surface area contributed by atoms with E-state index in [0.29, 0.717) is 0 Å². The number of hydrogen-bond donors (Lipinski definition) is 1. The van der Waals surface area contributed by atoms with Crippen LogP contribution in [-0.2, 0) is 19.6 Å². The summed E-state index contributed by atoms with van der Waals surface area (Å²) >= 11 is 0. The SMILES string of the molecule is CCN(CC(=O)OC)S(=O)(=O)c1cc(C(=O)O)oc1C. The number of sulfonamides is 1. The molecule has 0 aliphatic heterocycles. The van der Waals surface area contributed by atoms with Crippen LogP contribution >= 0.6 is 0 Å². The summed E-state index contributed by atoms with van der Waals surface area (Å²) in [6, 6.07) is 0.924. The Bertz CT molecular complexity index is 617. The van der Waals surface area contributed by atoms with E-state index >= 15 is 0 Å². The number of carboxylic acids is 1. The molecule has 0 unspecified atom stereocenters. The van der Waals surface area contributed by atoms with Crippen LogP contribution < -0.4 is 0 Å². The van der Waals surface area contributed by atoms with Crippen LogP contribution in [0.2, 0.25) is 0 Å². The number of furan rings is 1. The number of rotatable bonds is 6. The number of nitrogens with zero attached hydrogens (tertiary/aromatic N) is 1. The molecule has 0 aromatic carbocycles. The summed E-state index contributed by atoms with van der Waals surface area (Å²) in [4.78, 5) is 21.7. The maximum atomic E-state index is 12.3. The molecule has 1 aromatic heterocycles. The van der Waals surface area contributed by atoms with Gasteiger partial charge >= 0.3 is 11.9 Å². The van der Waals surface area contributed by atoms with Crippen LogP contribution in [-0.4, -0.2) is 50.0 Å². The van der Waals surface area contributed by atoms with Gasteiger partial charge in [0.25, 0.3) is 0 Å².